The van der Waals surface area contributed by atoms with Gasteiger partial charge < -0.3 is 23.9 Å². The molecule has 0 saturated heterocycles. The van der Waals surface area contributed by atoms with Crippen molar-refractivity contribution in [3.63, 3.8) is 0 Å². The highest BCUT2D eigenvalue weighted by Gasteiger charge is 2.28. The fraction of sp³-hybridized carbons (Fsp3) is 0.200. The second-order valence-electron chi connectivity index (χ2n) is 9.36. The largest absolute Gasteiger partial charge is 0.493 e. The number of anilines is 1. The minimum Gasteiger partial charge on any atom is -0.493 e. The first-order chi connectivity index (χ1) is 18.1. The van der Waals surface area contributed by atoms with Gasteiger partial charge in [-0.2, -0.15) is 0 Å². The van der Waals surface area contributed by atoms with Crippen LogP contribution in [0.5, 0.6) is 11.5 Å². The van der Waals surface area contributed by atoms with Gasteiger partial charge in [-0.05, 0) is 41.0 Å². The number of ether oxygens (including phenoxy) is 2. The number of amides is 1. The van der Waals surface area contributed by atoms with E-state index in [2.05, 4.69) is 51.4 Å². The van der Waals surface area contributed by atoms with Gasteiger partial charge >= 0.3 is 0 Å². The lowest BCUT2D eigenvalue weighted by Gasteiger charge is -2.17. The monoisotopic (exact) mass is 492 g/mol. The van der Waals surface area contributed by atoms with Gasteiger partial charge in [0.2, 0.25) is 5.91 Å². The third-order valence-electron chi connectivity index (χ3n) is 7.04. The Hall–Kier alpha value is -4.52. The number of imidazole rings is 1. The Balaban J connectivity index is 1.39. The predicted molar refractivity (Wildman–Crippen MR) is 143 cm³/mol. The van der Waals surface area contributed by atoms with Crippen LogP contribution in [0.3, 0.4) is 0 Å². The fourth-order valence-electron chi connectivity index (χ4n) is 5.16. The molecule has 1 aliphatic heterocycles. The molecule has 6 rings (SSSR count). The molecule has 186 valence electrons. The van der Waals surface area contributed by atoms with E-state index < -0.39 is 0 Å². The number of nitrogens with zero attached hydrogens (tertiary/aromatic N) is 3. The minimum atomic E-state index is -0.124. The zero-order chi connectivity index (χ0) is 25.4. The van der Waals surface area contributed by atoms with Gasteiger partial charge in [0, 0.05) is 49.9 Å². The number of aryl methyl sites for hydroxylation is 1. The molecule has 3 heterocycles. The molecule has 0 spiro atoms. The maximum Gasteiger partial charge on any atom is 0.225 e. The number of hydrogen-bond acceptors (Lipinski definition) is 4. The lowest BCUT2D eigenvalue weighted by molar-refractivity contribution is -0.116. The van der Waals surface area contributed by atoms with E-state index in [1.165, 1.54) is 5.56 Å². The van der Waals surface area contributed by atoms with Gasteiger partial charge in [0.25, 0.3) is 0 Å². The van der Waals surface area contributed by atoms with E-state index >= 15 is 0 Å². The summed E-state index contributed by atoms with van der Waals surface area (Å²) in [6.07, 6.45) is 6.18. The van der Waals surface area contributed by atoms with Crippen LogP contribution in [0.2, 0.25) is 0 Å². The first-order valence-corrected chi connectivity index (χ1v) is 12.3. The van der Waals surface area contributed by atoms with Gasteiger partial charge in [0.05, 0.1) is 18.3 Å². The summed E-state index contributed by atoms with van der Waals surface area (Å²) >= 11 is 0. The molecule has 1 amide bonds. The van der Waals surface area contributed by atoms with E-state index in [4.69, 9.17) is 9.47 Å². The van der Waals surface area contributed by atoms with Crippen molar-refractivity contribution in [1.82, 2.24) is 14.1 Å². The predicted octanol–water partition coefficient (Wildman–Crippen LogP) is 5.48. The molecule has 1 atom stereocenters. The number of carbonyl (C=O) groups is 1. The van der Waals surface area contributed by atoms with Crippen LogP contribution < -0.4 is 14.8 Å². The summed E-state index contributed by atoms with van der Waals surface area (Å²) in [5.74, 6) is 1.97. The van der Waals surface area contributed by atoms with E-state index in [-0.39, 0.29) is 11.8 Å². The lowest BCUT2D eigenvalue weighted by atomic mass is 9.88. The quantitative estimate of drug-likeness (QED) is 0.326. The molecule has 2 aromatic heterocycles. The molecular weight excluding hydrogens is 464 g/mol. The Morgan fingerprint density at radius 3 is 2.70 bits per heavy atom. The van der Waals surface area contributed by atoms with Gasteiger partial charge in [-0.1, -0.05) is 42.5 Å². The van der Waals surface area contributed by atoms with Gasteiger partial charge in [0.15, 0.2) is 11.5 Å². The molecule has 0 fully saturated rings. The third-order valence-corrected chi connectivity index (χ3v) is 7.04. The molecule has 1 N–H and O–H groups in total. The SMILES string of the molecule is COc1cc([C@H]2CC(=O)Nc3cccc4c3c2cn4Cc2ccccc2)ccc1OCc1nccn1C. The lowest BCUT2D eigenvalue weighted by Crippen LogP contribution is -2.14. The highest BCUT2D eigenvalue weighted by atomic mass is 16.5. The molecule has 5 aromatic rings. The maximum atomic E-state index is 13.0. The van der Waals surface area contributed by atoms with Crippen LogP contribution in [0.1, 0.15) is 34.9 Å². The van der Waals surface area contributed by atoms with Crippen LogP contribution in [-0.2, 0) is 25.0 Å². The average Bonchev–Trinajstić information content (AvgIpc) is 3.46. The molecule has 0 saturated carbocycles. The second-order valence-corrected chi connectivity index (χ2v) is 9.36. The molecule has 0 bridgehead atoms. The van der Waals surface area contributed by atoms with Gasteiger partial charge in [-0.15, -0.1) is 0 Å². The maximum absolute atomic E-state index is 13.0. The molecule has 37 heavy (non-hydrogen) atoms. The van der Waals surface area contributed by atoms with Crippen molar-refractivity contribution in [2.75, 3.05) is 12.4 Å². The highest BCUT2D eigenvalue weighted by Crippen LogP contribution is 2.43. The Morgan fingerprint density at radius 1 is 1.05 bits per heavy atom. The molecule has 0 unspecified atom stereocenters. The molecule has 7 nitrogen and oxygen atoms in total. The number of aromatic nitrogens is 3. The summed E-state index contributed by atoms with van der Waals surface area (Å²) in [6.45, 7) is 1.09. The first-order valence-electron chi connectivity index (χ1n) is 12.3. The molecule has 3 aromatic carbocycles. The summed E-state index contributed by atoms with van der Waals surface area (Å²) in [5.41, 5.74) is 5.32. The first kappa shape index (κ1) is 22.9. The zero-order valence-electron chi connectivity index (χ0n) is 20.8. The van der Waals surface area contributed by atoms with Gasteiger partial charge in [-0.3, -0.25) is 4.79 Å². The standard InChI is InChI=1S/C30H28N4O3/c1-33-14-13-31-28(33)19-37-26-12-11-21(15-27(26)36-2)22-16-29(35)32-24-9-6-10-25-30(24)23(22)18-34(25)17-20-7-4-3-5-8-20/h3-15,18,22H,16-17,19H2,1-2H3,(H,32,35)/t22-/m1/s1. The van der Waals surface area contributed by atoms with Crippen molar-refractivity contribution < 1.29 is 14.3 Å². The van der Waals surface area contributed by atoms with E-state index in [0.717, 1.165) is 40.1 Å². The molecule has 1 aliphatic rings. The number of nitrogens with one attached hydrogen (secondary N) is 1. The second kappa shape index (κ2) is 9.50. The topological polar surface area (TPSA) is 70.3 Å². The molecule has 0 radical (unpaired) electrons. The van der Waals surface area contributed by atoms with Crippen LogP contribution in [0.15, 0.2) is 85.3 Å². The Bertz CT molecular complexity index is 1590. The highest BCUT2D eigenvalue weighted by molar-refractivity contribution is 6.06. The third kappa shape index (κ3) is 4.33. The Kier molecular flexibility index (Phi) is 5.88. The molecular formula is C30H28N4O3. The Morgan fingerprint density at radius 2 is 1.92 bits per heavy atom. The van der Waals surface area contributed by atoms with Crippen molar-refractivity contribution in [2.24, 2.45) is 7.05 Å². The van der Waals surface area contributed by atoms with Crippen molar-refractivity contribution in [2.45, 2.75) is 25.5 Å². The fourth-order valence-corrected chi connectivity index (χ4v) is 5.16. The summed E-state index contributed by atoms with van der Waals surface area (Å²) in [6, 6.07) is 22.5. The smallest absolute Gasteiger partial charge is 0.225 e. The number of rotatable bonds is 7. The van der Waals surface area contributed by atoms with Crippen LogP contribution in [0.25, 0.3) is 10.9 Å². The van der Waals surface area contributed by atoms with E-state index in [1.54, 1.807) is 13.3 Å². The van der Waals surface area contributed by atoms with Gasteiger partial charge in [-0.25, -0.2) is 4.98 Å². The van der Waals surface area contributed by atoms with Crippen molar-refractivity contribution in [3.8, 4) is 11.5 Å². The van der Waals surface area contributed by atoms with Crippen LogP contribution in [0.4, 0.5) is 5.69 Å². The molecule has 7 heteroatoms. The number of hydrogen-bond donors (Lipinski definition) is 1. The summed E-state index contributed by atoms with van der Waals surface area (Å²) in [4.78, 5) is 17.3. The van der Waals surface area contributed by atoms with Crippen molar-refractivity contribution in [1.29, 1.82) is 0 Å². The number of benzene rings is 3. The van der Waals surface area contributed by atoms with Crippen LogP contribution >= 0.6 is 0 Å². The molecule has 0 aliphatic carbocycles. The minimum absolute atomic E-state index is 0.00242. The normalized spacial score (nSPS) is 14.9. The van der Waals surface area contributed by atoms with E-state index in [0.29, 0.717) is 24.5 Å². The average molecular weight is 493 g/mol. The van der Waals surface area contributed by atoms with Gasteiger partial charge in [0.1, 0.15) is 12.4 Å². The summed E-state index contributed by atoms with van der Waals surface area (Å²) in [7, 11) is 3.57. The van der Waals surface area contributed by atoms with Crippen molar-refractivity contribution in [3.05, 3.63) is 108 Å². The van der Waals surface area contributed by atoms with E-state index in [9.17, 15) is 4.79 Å². The number of methoxy groups -OCH3 is 1. The van der Waals surface area contributed by atoms with Crippen molar-refractivity contribution >= 4 is 22.5 Å². The van der Waals surface area contributed by atoms with Crippen LogP contribution in [-0.4, -0.2) is 27.1 Å². The zero-order valence-corrected chi connectivity index (χ0v) is 20.8. The summed E-state index contributed by atoms with van der Waals surface area (Å²) < 4.78 is 15.9. The summed E-state index contributed by atoms with van der Waals surface area (Å²) in [5, 5.41) is 4.21. The Labute approximate surface area is 215 Å². The van der Waals surface area contributed by atoms with E-state index in [1.807, 2.05) is 54.2 Å². The number of carbonyl (C=O) groups excluding carboxylic acids is 1. The van der Waals surface area contributed by atoms with Crippen LogP contribution in [0, 0.1) is 0 Å².